The highest BCUT2D eigenvalue weighted by molar-refractivity contribution is 5.91. The van der Waals surface area contributed by atoms with Crippen molar-refractivity contribution in [1.82, 2.24) is 0 Å². The Labute approximate surface area is 55.5 Å². The maximum Gasteiger partial charge on any atom is 0.0248 e. The first-order valence-electron chi connectivity index (χ1n) is 3.70. The second kappa shape index (κ2) is 1.98. The molecule has 1 fully saturated rings. The highest BCUT2D eigenvalue weighted by Gasteiger charge is 2.19. The van der Waals surface area contributed by atoms with Crippen LogP contribution in [0.15, 0.2) is 17.3 Å². The minimum absolute atomic E-state index is 0.735. The monoisotopic (exact) mass is 121 g/mol. The molecule has 0 aromatic heterocycles. The summed E-state index contributed by atoms with van der Waals surface area (Å²) < 4.78 is 0. The number of aliphatic imine (C=N–C) groups is 1. The van der Waals surface area contributed by atoms with Crippen LogP contribution in [0.4, 0.5) is 0 Å². The van der Waals surface area contributed by atoms with E-state index in [1.165, 1.54) is 31.4 Å². The highest BCUT2D eigenvalue weighted by Crippen LogP contribution is 2.25. The fraction of sp³-hybridized carbons (Fsp3) is 0.625. The van der Waals surface area contributed by atoms with Crippen molar-refractivity contribution in [2.45, 2.75) is 25.7 Å². The summed E-state index contributed by atoms with van der Waals surface area (Å²) in [5.41, 5.74) is 1.43. The predicted molar refractivity (Wildman–Crippen MR) is 38.5 cm³/mol. The number of allylic oxidation sites excluding steroid dienone is 1. The SMILES string of the molecule is C1=CC2CCCCC2=N1. The molecule has 1 heterocycles. The molecule has 0 amide bonds. The van der Waals surface area contributed by atoms with Gasteiger partial charge in [0.1, 0.15) is 0 Å². The van der Waals surface area contributed by atoms with Gasteiger partial charge in [-0.3, -0.25) is 4.99 Å². The molecule has 1 unspecified atom stereocenters. The van der Waals surface area contributed by atoms with Crippen molar-refractivity contribution in [2.75, 3.05) is 0 Å². The van der Waals surface area contributed by atoms with Crippen LogP contribution >= 0.6 is 0 Å². The van der Waals surface area contributed by atoms with Crippen LogP contribution < -0.4 is 0 Å². The predicted octanol–water partition coefficient (Wildman–Crippen LogP) is 2.14. The summed E-state index contributed by atoms with van der Waals surface area (Å²) in [6, 6.07) is 0. The molecule has 1 aliphatic heterocycles. The van der Waals surface area contributed by atoms with Gasteiger partial charge in [-0.15, -0.1) is 0 Å². The minimum atomic E-state index is 0.735. The molecule has 1 atom stereocenters. The lowest BCUT2D eigenvalue weighted by molar-refractivity contribution is 0.601. The molecule has 1 aliphatic carbocycles. The van der Waals surface area contributed by atoms with Crippen LogP contribution in [-0.4, -0.2) is 5.71 Å². The summed E-state index contributed by atoms with van der Waals surface area (Å²) in [6.45, 7) is 0. The standard InChI is InChI=1S/C8H11N/c1-2-4-8-7(3-1)5-6-9-8/h5-7H,1-4H2. The Balaban J connectivity index is 2.16. The van der Waals surface area contributed by atoms with Gasteiger partial charge in [0.15, 0.2) is 0 Å². The van der Waals surface area contributed by atoms with Crippen molar-refractivity contribution in [2.24, 2.45) is 10.9 Å². The van der Waals surface area contributed by atoms with Gasteiger partial charge < -0.3 is 0 Å². The topological polar surface area (TPSA) is 12.4 Å². The van der Waals surface area contributed by atoms with E-state index in [-0.39, 0.29) is 0 Å². The average Bonchev–Trinajstić information content (AvgIpc) is 2.33. The van der Waals surface area contributed by atoms with Gasteiger partial charge in [0.25, 0.3) is 0 Å². The second-order valence-electron chi connectivity index (χ2n) is 2.81. The zero-order chi connectivity index (χ0) is 6.10. The lowest BCUT2D eigenvalue weighted by atomic mass is 9.88. The number of fused-ring (bicyclic) bond motifs is 1. The molecule has 0 aromatic carbocycles. The van der Waals surface area contributed by atoms with Crippen LogP contribution in [0.25, 0.3) is 0 Å². The summed E-state index contributed by atoms with van der Waals surface area (Å²) in [5, 5.41) is 0. The molecule has 9 heavy (non-hydrogen) atoms. The van der Waals surface area contributed by atoms with E-state index in [0.717, 1.165) is 5.92 Å². The number of nitrogens with zero attached hydrogens (tertiary/aromatic N) is 1. The highest BCUT2D eigenvalue weighted by atomic mass is 14.7. The first-order chi connectivity index (χ1) is 4.47. The smallest absolute Gasteiger partial charge is 0.0248 e. The van der Waals surface area contributed by atoms with Crippen molar-refractivity contribution in [1.29, 1.82) is 0 Å². The maximum absolute atomic E-state index is 4.29. The molecule has 0 saturated heterocycles. The third-order valence-corrected chi connectivity index (χ3v) is 2.18. The van der Waals surface area contributed by atoms with Gasteiger partial charge in [0.05, 0.1) is 0 Å². The third-order valence-electron chi connectivity index (χ3n) is 2.18. The molecular weight excluding hydrogens is 110 g/mol. The fourth-order valence-electron chi connectivity index (χ4n) is 1.63. The molecule has 0 aromatic rings. The van der Waals surface area contributed by atoms with E-state index < -0.39 is 0 Å². The second-order valence-corrected chi connectivity index (χ2v) is 2.81. The fourth-order valence-corrected chi connectivity index (χ4v) is 1.63. The van der Waals surface area contributed by atoms with Crippen LogP contribution in [-0.2, 0) is 0 Å². The number of hydrogen-bond acceptors (Lipinski definition) is 1. The van der Waals surface area contributed by atoms with Crippen LogP contribution in [0, 0.1) is 5.92 Å². The lowest BCUT2D eigenvalue weighted by Crippen LogP contribution is -2.13. The summed E-state index contributed by atoms with van der Waals surface area (Å²) in [7, 11) is 0. The number of hydrogen-bond donors (Lipinski definition) is 0. The van der Waals surface area contributed by atoms with Gasteiger partial charge in [-0.05, 0) is 19.3 Å². The zero-order valence-corrected chi connectivity index (χ0v) is 5.51. The Bertz CT molecular complexity index is 167. The van der Waals surface area contributed by atoms with Crippen molar-refractivity contribution >= 4 is 5.71 Å². The molecule has 0 N–H and O–H groups in total. The summed E-state index contributed by atoms with van der Waals surface area (Å²) in [4.78, 5) is 4.29. The molecule has 2 aliphatic rings. The molecule has 0 bridgehead atoms. The Hall–Kier alpha value is -0.590. The van der Waals surface area contributed by atoms with Crippen molar-refractivity contribution in [3.05, 3.63) is 12.3 Å². The summed E-state index contributed by atoms with van der Waals surface area (Å²) >= 11 is 0. The van der Waals surface area contributed by atoms with E-state index in [2.05, 4.69) is 11.1 Å². The van der Waals surface area contributed by atoms with E-state index in [1.807, 2.05) is 6.20 Å². The summed E-state index contributed by atoms with van der Waals surface area (Å²) in [6.07, 6.45) is 9.54. The normalized spacial score (nSPS) is 32.0. The van der Waals surface area contributed by atoms with Crippen LogP contribution in [0.2, 0.25) is 0 Å². The van der Waals surface area contributed by atoms with Gasteiger partial charge in [-0.25, -0.2) is 0 Å². The van der Waals surface area contributed by atoms with E-state index in [1.54, 1.807) is 0 Å². The Kier molecular flexibility index (Phi) is 1.15. The van der Waals surface area contributed by atoms with Gasteiger partial charge in [-0.2, -0.15) is 0 Å². The minimum Gasteiger partial charge on any atom is -0.265 e. The molecule has 48 valence electrons. The van der Waals surface area contributed by atoms with E-state index in [0.29, 0.717) is 0 Å². The van der Waals surface area contributed by atoms with Crippen molar-refractivity contribution in [3.63, 3.8) is 0 Å². The van der Waals surface area contributed by atoms with E-state index in [9.17, 15) is 0 Å². The molecule has 2 rings (SSSR count). The maximum atomic E-state index is 4.29. The van der Waals surface area contributed by atoms with Crippen LogP contribution in [0.5, 0.6) is 0 Å². The molecule has 0 spiro atoms. The van der Waals surface area contributed by atoms with Crippen LogP contribution in [0.3, 0.4) is 0 Å². The van der Waals surface area contributed by atoms with E-state index >= 15 is 0 Å². The van der Waals surface area contributed by atoms with Gasteiger partial charge >= 0.3 is 0 Å². The molecule has 1 saturated carbocycles. The molecule has 0 radical (unpaired) electrons. The van der Waals surface area contributed by atoms with Gasteiger partial charge in [0.2, 0.25) is 0 Å². The molecule has 1 nitrogen and oxygen atoms in total. The Morgan fingerprint density at radius 3 is 3.33 bits per heavy atom. The van der Waals surface area contributed by atoms with E-state index in [4.69, 9.17) is 0 Å². The average molecular weight is 121 g/mol. The largest absolute Gasteiger partial charge is 0.265 e. The number of rotatable bonds is 0. The van der Waals surface area contributed by atoms with Gasteiger partial charge in [-0.1, -0.05) is 12.5 Å². The van der Waals surface area contributed by atoms with Crippen molar-refractivity contribution < 1.29 is 0 Å². The third kappa shape index (κ3) is 0.805. The first kappa shape index (κ1) is 5.21. The Morgan fingerprint density at radius 2 is 2.44 bits per heavy atom. The summed E-state index contributed by atoms with van der Waals surface area (Å²) in [5.74, 6) is 0.735. The first-order valence-corrected chi connectivity index (χ1v) is 3.70. The Morgan fingerprint density at radius 1 is 1.44 bits per heavy atom. The molecular formula is C8H11N. The van der Waals surface area contributed by atoms with Crippen LogP contribution in [0.1, 0.15) is 25.7 Å². The zero-order valence-electron chi connectivity index (χ0n) is 5.51. The quantitative estimate of drug-likeness (QED) is 0.465. The van der Waals surface area contributed by atoms with Crippen molar-refractivity contribution in [3.8, 4) is 0 Å². The lowest BCUT2D eigenvalue weighted by Gasteiger charge is -2.16. The van der Waals surface area contributed by atoms with Gasteiger partial charge in [0, 0.05) is 17.8 Å². The molecule has 1 heteroatoms.